The van der Waals surface area contributed by atoms with Crippen molar-refractivity contribution in [2.75, 3.05) is 41.2 Å². The zero-order valence-electron chi connectivity index (χ0n) is 17.7. The maximum absolute atomic E-state index is 10.2. The number of methoxy groups -OCH3 is 3. The SMILES string of the molecule is CCOC/C=C/c1cc(OC)c2c(c1)[C@@H](CO)[C@H](c1cc(OC)c(O)c(OC)c1)O2. The molecule has 2 aromatic rings. The van der Waals surface area contributed by atoms with E-state index in [0.29, 0.717) is 30.3 Å². The molecule has 0 fully saturated rings. The normalized spacial score (nSPS) is 17.6. The minimum absolute atomic E-state index is 0.0842. The Balaban J connectivity index is 2.01. The zero-order valence-corrected chi connectivity index (χ0v) is 17.7. The van der Waals surface area contributed by atoms with Gasteiger partial charge in [0.05, 0.1) is 40.5 Å². The lowest BCUT2D eigenvalue weighted by Gasteiger charge is -2.20. The van der Waals surface area contributed by atoms with E-state index in [1.807, 2.05) is 31.2 Å². The summed E-state index contributed by atoms with van der Waals surface area (Å²) < 4.78 is 27.7. The topological polar surface area (TPSA) is 86.6 Å². The summed E-state index contributed by atoms with van der Waals surface area (Å²) in [6.07, 6.45) is 3.39. The second kappa shape index (κ2) is 9.73. The highest BCUT2D eigenvalue weighted by atomic mass is 16.5. The van der Waals surface area contributed by atoms with Gasteiger partial charge in [0.2, 0.25) is 5.75 Å². The third kappa shape index (κ3) is 4.17. The van der Waals surface area contributed by atoms with Crippen LogP contribution in [0.3, 0.4) is 0 Å². The minimum Gasteiger partial charge on any atom is -0.502 e. The number of hydrogen-bond acceptors (Lipinski definition) is 7. The van der Waals surface area contributed by atoms with Gasteiger partial charge >= 0.3 is 0 Å². The van der Waals surface area contributed by atoms with Gasteiger partial charge in [-0.1, -0.05) is 12.2 Å². The summed E-state index contributed by atoms with van der Waals surface area (Å²) in [6.45, 7) is 2.99. The number of fused-ring (bicyclic) bond motifs is 1. The molecule has 7 heteroatoms. The summed E-state index contributed by atoms with van der Waals surface area (Å²) in [5.41, 5.74) is 2.49. The molecule has 2 atom stereocenters. The Morgan fingerprint density at radius 1 is 1.00 bits per heavy atom. The number of rotatable bonds is 9. The molecule has 0 amide bonds. The van der Waals surface area contributed by atoms with Crippen LogP contribution >= 0.6 is 0 Å². The van der Waals surface area contributed by atoms with Gasteiger partial charge in [-0.05, 0) is 36.8 Å². The highest BCUT2D eigenvalue weighted by Crippen LogP contribution is 2.52. The monoisotopic (exact) mass is 416 g/mol. The molecule has 162 valence electrons. The van der Waals surface area contributed by atoms with Crippen LogP contribution in [0, 0.1) is 0 Å². The molecule has 0 saturated carbocycles. The van der Waals surface area contributed by atoms with Crippen molar-refractivity contribution in [3.63, 3.8) is 0 Å². The Labute approximate surface area is 176 Å². The first kappa shape index (κ1) is 21.8. The van der Waals surface area contributed by atoms with E-state index in [-0.39, 0.29) is 29.8 Å². The van der Waals surface area contributed by atoms with Crippen molar-refractivity contribution in [1.29, 1.82) is 0 Å². The quantitative estimate of drug-likeness (QED) is 0.603. The maximum atomic E-state index is 10.2. The number of phenols is 1. The van der Waals surface area contributed by atoms with E-state index in [0.717, 1.165) is 11.1 Å². The van der Waals surface area contributed by atoms with Crippen LogP contribution in [0.1, 0.15) is 35.6 Å². The third-order valence-corrected chi connectivity index (χ3v) is 5.09. The molecule has 7 nitrogen and oxygen atoms in total. The van der Waals surface area contributed by atoms with Crippen molar-refractivity contribution < 1.29 is 33.9 Å². The van der Waals surface area contributed by atoms with Crippen LogP contribution in [0.15, 0.2) is 30.3 Å². The number of ether oxygens (including phenoxy) is 5. The fraction of sp³-hybridized carbons (Fsp3) is 0.391. The van der Waals surface area contributed by atoms with Gasteiger partial charge in [0.15, 0.2) is 23.0 Å². The van der Waals surface area contributed by atoms with Crippen LogP contribution < -0.4 is 18.9 Å². The number of benzene rings is 2. The molecule has 1 heterocycles. The first-order valence-electron chi connectivity index (χ1n) is 9.76. The smallest absolute Gasteiger partial charge is 0.200 e. The van der Waals surface area contributed by atoms with Gasteiger partial charge in [-0.25, -0.2) is 0 Å². The molecule has 0 saturated heterocycles. The molecule has 0 radical (unpaired) electrons. The van der Waals surface area contributed by atoms with E-state index in [1.54, 1.807) is 19.2 Å². The Hall–Kier alpha value is -2.90. The molecule has 0 spiro atoms. The van der Waals surface area contributed by atoms with Gasteiger partial charge in [0.1, 0.15) is 6.10 Å². The molecule has 0 bridgehead atoms. The van der Waals surface area contributed by atoms with Crippen LogP contribution in [0.5, 0.6) is 28.7 Å². The van der Waals surface area contributed by atoms with Crippen molar-refractivity contribution in [1.82, 2.24) is 0 Å². The minimum atomic E-state index is -0.495. The predicted molar refractivity (Wildman–Crippen MR) is 113 cm³/mol. The molecule has 1 aliphatic heterocycles. The average Bonchev–Trinajstić information content (AvgIpc) is 3.14. The van der Waals surface area contributed by atoms with Crippen molar-refractivity contribution in [3.05, 3.63) is 47.0 Å². The summed E-state index contributed by atoms with van der Waals surface area (Å²) >= 11 is 0. The van der Waals surface area contributed by atoms with E-state index >= 15 is 0 Å². The Kier molecular flexibility index (Phi) is 7.07. The second-order valence-corrected chi connectivity index (χ2v) is 6.80. The predicted octanol–water partition coefficient (Wildman–Crippen LogP) is 3.68. The number of aliphatic hydroxyl groups is 1. The first-order chi connectivity index (χ1) is 14.6. The fourth-order valence-electron chi connectivity index (χ4n) is 3.61. The van der Waals surface area contributed by atoms with E-state index in [1.165, 1.54) is 14.2 Å². The Bertz CT molecular complexity index is 882. The van der Waals surface area contributed by atoms with E-state index in [2.05, 4.69) is 0 Å². The maximum Gasteiger partial charge on any atom is 0.200 e. The number of aromatic hydroxyl groups is 1. The molecule has 1 aliphatic rings. The summed E-state index contributed by atoms with van der Waals surface area (Å²) in [5, 5.41) is 20.4. The summed E-state index contributed by atoms with van der Waals surface area (Å²) in [7, 11) is 4.52. The van der Waals surface area contributed by atoms with Gasteiger partial charge in [-0.15, -0.1) is 0 Å². The van der Waals surface area contributed by atoms with E-state index in [9.17, 15) is 10.2 Å². The first-order valence-corrected chi connectivity index (χ1v) is 9.76. The largest absolute Gasteiger partial charge is 0.502 e. The van der Waals surface area contributed by atoms with Crippen molar-refractivity contribution >= 4 is 6.08 Å². The molecule has 30 heavy (non-hydrogen) atoms. The van der Waals surface area contributed by atoms with Crippen LogP contribution in [0.2, 0.25) is 0 Å². The second-order valence-electron chi connectivity index (χ2n) is 6.80. The molecular formula is C23H28O7. The standard InChI is InChI=1S/C23H28O7/c1-5-29-8-6-7-14-9-16-17(13-24)22(30-23(16)20(10-14)28-4)15-11-18(26-2)21(25)19(12-15)27-3/h6-7,9-12,17,22,24-25H,5,8,13H2,1-4H3/b7-6+/t17-,22+/m1/s1. The number of phenolic OH excluding ortho intramolecular Hbond substituents is 1. The Morgan fingerprint density at radius 3 is 2.23 bits per heavy atom. The summed E-state index contributed by atoms with van der Waals surface area (Å²) in [5.74, 6) is 1.31. The molecular weight excluding hydrogens is 388 g/mol. The highest BCUT2D eigenvalue weighted by molar-refractivity contribution is 5.63. The highest BCUT2D eigenvalue weighted by Gasteiger charge is 2.38. The lowest BCUT2D eigenvalue weighted by molar-refractivity contribution is 0.156. The van der Waals surface area contributed by atoms with E-state index in [4.69, 9.17) is 23.7 Å². The summed E-state index contributed by atoms with van der Waals surface area (Å²) in [6, 6.07) is 7.24. The zero-order chi connectivity index (χ0) is 21.7. The van der Waals surface area contributed by atoms with Crippen LogP contribution in [0.4, 0.5) is 0 Å². The van der Waals surface area contributed by atoms with Gasteiger partial charge < -0.3 is 33.9 Å². The van der Waals surface area contributed by atoms with Gasteiger partial charge in [-0.2, -0.15) is 0 Å². The van der Waals surface area contributed by atoms with Crippen molar-refractivity contribution in [3.8, 4) is 28.7 Å². The Morgan fingerprint density at radius 2 is 1.67 bits per heavy atom. The lowest BCUT2D eigenvalue weighted by Crippen LogP contribution is -2.13. The van der Waals surface area contributed by atoms with Gasteiger partial charge in [-0.3, -0.25) is 0 Å². The number of hydrogen-bond donors (Lipinski definition) is 2. The van der Waals surface area contributed by atoms with Crippen LogP contribution in [-0.2, 0) is 4.74 Å². The van der Waals surface area contributed by atoms with Gasteiger partial charge in [0, 0.05) is 17.7 Å². The lowest BCUT2D eigenvalue weighted by atomic mass is 9.90. The fourth-order valence-corrected chi connectivity index (χ4v) is 3.61. The van der Waals surface area contributed by atoms with Crippen molar-refractivity contribution in [2.45, 2.75) is 18.9 Å². The van der Waals surface area contributed by atoms with Crippen LogP contribution in [0.25, 0.3) is 6.08 Å². The molecule has 2 N–H and O–H groups in total. The third-order valence-electron chi connectivity index (χ3n) is 5.09. The van der Waals surface area contributed by atoms with Crippen molar-refractivity contribution in [2.24, 2.45) is 0 Å². The number of aliphatic hydroxyl groups excluding tert-OH is 1. The summed E-state index contributed by atoms with van der Waals surface area (Å²) in [4.78, 5) is 0. The molecule has 2 aromatic carbocycles. The molecule has 0 unspecified atom stereocenters. The molecule has 0 aliphatic carbocycles. The molecule has 3 rings (SSSR count). The van der Waals surface area contributed by atoms with E-state index < -0.39 is 6.10 Å². The average molecular weight is 416 g/mol. The van der Waals surface area contributed by atoms with Gasteiger partial charge in [0.25, 0.3) is 0 Å². The van der Waals surface area contributed by atoms with Crippen LogP contribution in [-0.4, -0.2) is 51.4 Å². The molecule has 0 aromatic heterocycles.